The Kier molecular flexibility index (Phi) is 4.87. The summed E-state index contributed by atoms with van der Waals surface area (Å²) in [7, 11) is 0. The lowest BCUT2D eigenvalue weighted by atomic mass is 9.86. The van der Waals surface area contributed by atoms with E-state index in [2.05, 4.69) is 15.3 Å². The van der Waals surface area contributed by atoms with Crippen molar-refractivity contribution in [3.8, 4) is 0 Å². The topological polar surface area (TPSA) is 97.2 Å². The van der Waals surface area contributed by atoms with E-state index in [1.807, 2.05) is 18.7 Å². The van der Waals surface area contributed by atoms with Gasteiger partial charge < -0.3 is 10.2 Å². The Hall–Kier alpha value is -2.78. The minimum atomic E-state index is -0.647. The number of rotatable bonds is 3. The maximum absolute atomic E-state index is 13.4. The number of thiophene rings is 1. The average Bonchev–Trinajstić information content (AvgIpc) is 3.24. The molecule has 0 aromatic carbocycles. The average molecular weight is 498 g/mol. The van der Waals surface area contributed by atoms with Gasteiger partial charge in [0.1, 0.15) is 28.4 Å². The number of hydrogen-bond donors (Lipinski definition) is 1. The molecule has 1 amide bonds. The number of Topliss-reactive ketones (excluding diaryl/α,β-unsaturated/α-hetero) is 1. The first-order valence-electron chi connectivity index (χ1n) is 11.5. The number of aromatic nitrogens is 3. The zero-order valence-corrected chi connectivity index (χ0v) is 20.6. The van der Waals surface area contributed by atoms with Crippen molar-refractivity contribution in [2.75, 3.05) is 18.4 Å². The molecule has 5 heterocycles. The van der Waals surface area contributed by atoms with Gasteiger partial charge in [-0.1, -0.05) is 11.6 Å². The van der Waals surface area contributed by atoms with Crippen LogP contribution in [0.5, 0.6) is 0 Å². The standard InChI is InChI=1S/C24H24ClN5O3S/c1-24(2)10-16(31)19-14(25)9-15(23(33)30(19)24)28-20-18-13-5-4-12(22(32)29-6-3-7-29)8-17(13)34-21(18)27-11-26-20/h9,11-12H,3-8,10H2,1-2H3,(H,26,27,28)/t12-/m0/s1. The fourth-order valence-electron chi connectivity index (χ4n) is 5.40. The van der Waals surface area contributed by atoms with Crippen molar-refractivity contribution in [3.05, 3.63) is 43.9 Å². The van der Waals surface area contributed by atoms with Gasteiger partial charge in [-0.05, 0) is 51.2 Å². The molecule has 3 aliphatic rings. The lowest BCUT2D eigenvalue weighted by molar-refractivity contribution is -0.139. The molecule has 6 rings (SSSR count). The van der Waals surface area contributed by atoms with Crippen LogP contribution in [0, 0.1) is 5.92 Å². The lowest BCUT2D eigenvalue weighted by Gasteiger charge is -2.35. The Morgan fingerprint density at radius 3 is 2.79 bits per heavy atom. The van der Waals surface area contributed by atoms with E-state index >= 15 is 0 Å². The maximum Gasteiger partial charge on any atom is 0.275 e. The van der Waals surface area contributed by atoms with Crippen molar-refractivity contribution in [2.45, 2.75) is 51.5 Å². The van der Waals surface area contributed by atoms with Crippen molar-refractivity contribution < 1.29 is 9.59 Å². The van der Waals surface area contributed by atoms with E-state index in [4.69, 9.17) is 11.6 Å². The van der Waals surface area contributed by atoms with Gasteiger partial charge in [-0.3, -0.25) is 19.0 Å². The molecule has 1 atom stereocenters. The fourth-order valence-corrected chi connectivity index (χ4v) is 6.97. The van der Waals surface area contributed by atoms with Gasteiger partial charge in [0.25, 0.3) is 5.56 Å². The van der Waals surface area contributed by atoms with Crippen molar-refractivity contribution >= 4 is 56.4 Å². The molecular weight excluding hydrogens is 474 g/mol. The van der Waals surface area contributed by atoms with Gasteiger partial charge in [0, 0.05) is 30.3 Å². The SMILES string of the molecule is CC1(C)CC(=O)c2c(Cl)cc(Nc3ncnc4sc5c(c34)CC[C@H](C(=O)N3CCC3)C5)c(=O)n21. The Morgan fingerprint density at radius 1 is 1.26 bits per heavy atom. The van der Waals surface area contributed by atoms with Gasteiger partial charge in [0.2, 0.25) is 5.91 Å². The van der Waals surface area contributed by atoms with E-state index in [0.29, 0.717) is 5.82 Å². The number of carbonyl (C=O) groups is 2. The molecule has 1 fully saturated rings. The number of likely N-dealkylation sites (tertiary alicyclic amines) is 1. The smallest absolute Gasteiger partial charge is 0.275 e. The second-order valence-electron chi connectivity index (χ2n) is 9.96. The molecule has 176 valence electrons. The van der Waals surface area contributed by atoms with Crippen molar-refractivity contribution in [1.29, 1.82) is 0 Å². The number of pyridine rings is 1. The highest BCUT2D eigenvalue weighted by Gasteiger charge is 2.39. The molecule has 0 saturated carbocycles. The Labute approximate surface area is 205 Å². The number of fused-ring (bicyclic) bond motifs is 4. The summed E-state index contributed by atoms with van der Waals surface area (Å²) in [5.41, 5.74) is 0.745. The van der Waals surface area contributed by atoms with Crippen LogP contribution < -0.4 is 10.9 Å². The zero-order chi connectivity index (χ0) is 23.8. The highest BCUT2D eigenvalue weighted by atomic mass is 35.5. The van der Waals surface area contributed by atoms with E-state index in [9.17, 15) is 14.4 Å². The molecule has 2 aliphatic heterocycles. The summed E-state index contributed by atoms with van der Waals surface area (Å²) < 4.78 is 1.49. The van der Waals surface area contributed by atoms with Crippen molar-refractivity contribution in [2.24, 2.45) is 5.92 Å². The Bertz CT molecular complexity index is 1440. The van der Waals surface area contributed by atoms with Crippen LogP contribution in [0.15, 0.2) is 17.2 Å². The molecule has 8 nitrogen and oxygen atoms in total. The predicted molar refractivity (Wildman–Crippen MR) is 131 cm³/mol. The highest BCUT2D eigenvalue weighted by Crippen LogP contribution is 2.41. The summed E-state index contributed by atoms with van der Waals surface area (Å²) in [6.45, 7) is 5.46. The predicted octanol–water partition coefficient (Wildman–Crippen LogP) is 3.91. The van der Waals surface area contributed by atoms with Gasteiger partial charge in [-0.25, -0.2) is 9.97 Å². The Morgan fingerprint density at radius 2 is 2.06 bits per heavy atom. The van der Waals surface area contributed by atoms with Crippen LogP contribution in [0.4, 0.5) is 11.5 Å². The highest BCUT2D eigenvalue weighted by molar-refractivity contribution is 7.19. The maximum atomic E-state index is 13.4. The largest absolute Gasteiger partial charge is 0.342 e. The molecule has 10 heteroatoms. The second-order valence-corrected chi connectivity index (χ2v) is 11.4. The minimum Gasteiger partial charge on any atom is -0.342 e. The molecule has 34 heavy (non-hydrogen) atoms. The van der Waals surface area contributed by atoms with Gasteiger partial charge >= 0.3 is 0 Å². The fraction of sp³-hybridized carbons (Fsp3) is 0.458. The van der Waals surface area contributed by atoms with E-state index in [0.717, 1.165) is 54.6 Å². The van der Waals surface area contributed by atoms with Crippen LogP contribution in [0.2, 0.25) is 5.02 Å². The van der Waals surface area contributed by atoms with Crippen LogP contribution in [-0.4, -0.2) is 44.2 Å². The number of nitrogens with zero attached hydrogens (tertiary/aromatic N) is 4. The number of amides is 1. The van der Waals surface area contributed by atoms with Crippen LogP contribution in [0.1, 0.15) is 54.0 Å². The minimum absolute atomic E-state index is 0.0187. The van der Waals surface area contributed by atoms with E-state index < -0.39 is 5.54 Å². The number of anilines is 2. The van der Waals surface area contributed by atoms with Crippen molar-refractivity contribution in [3.63, 3.8) is 0 Å². The summed E-state index contributed by atoms with van der Waals surface area (Å²) in [4.78, 5) is 51.5. The summed E-state index contributed by atoms with van der Waals surface area (Å²) in [6.07, 6.45) is 5.09. The number of hydrogen-bond acceptors (Lipinski definition) is 7. The Balaban J connectivity index is 1.38. The third-order valence-electron chi connectivity index (χ3n) is 7.23. The third-order valence-corrected chi connectivity index (χ3v) is 8.68. The van der Waals surface area contributed by atoms with Gasteiger partial charge in [-0.15, -0.1) is 11.3 Å². The summed E-state index contributed by atoms with van der Waals surface area (Å²) in [5.74, 6) is 0.699. The molecule has 0 radical (unpaired) electrons. The quantitative estimate of drug-likeness (QED) is 0.589. The van der Waals surface area contributed by atoms with E-state index in [1.165, 1.54) is 21.8 Å². The lowest BCUT2D eigenvalue weighted by Crippen LogP contribution is -2.46. The second kappa shape index (κ2) is 7.61. The number of nitrogens with one attached hydrogen (secondary N) is 1. The van der Waals surface area contributed by atoms with E-state index in [1.54, 1.807) is 11.3 Å². The number of ketones is 1. The van der Waals surface area contributed by atoms with Crippen LogP contribution in [0.3, 0.4) is 0 Å². The normalized spacial score (nSPS) is 20.7. The van der Waals surface area contributed by atoms with Crippen LogP contribution in [-0.2, 0) is 23.2 Å². The zero-order valence-electron chi connectivity index (χ0n) is 19.0. The van der Waals surface area contributed by atoms with Gasteiger partial charge in [0.05, 0.1) is 15.9 Å². The number of carbonyl (C=O) groups excluding carboxylic acids is 2. The number of aryl methyl sites for hydroxylation is 1. The summed E-state index contributed by atoms with van der Waals surface area (Å²) in [6, 6.07) is 1.52. The first-order valence-corrected chi connectivity index (χ1v) is 12.7. The summed E-state index contributed by atoms with van der Waals surface area (Å²) in [5, 5.41) is 4.35. The van der Waals surface area contributed by atoms with Gasteiger partial charge in [0.15, 0.2) is 5.78 Å². The first-order chi connectivity index (χ1) is 16.2. The van der Waals surface area contributed by atoms with Crippen molar-refractivity contribution in [1.82, 2.24) is 19.4 Å². The molecule has 1 N–H and O–H groups in total. The van der Waals surface area contributed by atoms with E-state index in [-0.39, 0.29) is 46.0 Å². The van der Waals surface area contributed by atoms with Crippen LogP contribution >= 0.6 is 22.9 Å². The van der Waals surface area contributed by atoms with Gasteiger partial charge in [-0.2, -0.15) is 0 Å². The molecule has 0 spiro atoms. The molecule has 3 aromatic rings. The monoisotopic (exact) mass is 497 g/mol. The molecule has 0 bridgehead atoms. The third kappa shape index (κ3) is 3.20. The summed E-state index contributed by atoms with van der Waals surface area (Å²) >= 11 is 8.04. The molecule has 1 aliphatic carbocycles. The molecular formula is C24H24ClN5O3S. The number of halogens is 1. The van der Waals surface area contributed by atoms with Crippen LogP contribution in [0.25, 0.3) is 10.2 Å². The molecule has 1 saturated heterocycles. The first kappa shape index (κ1) is 21.7. The molecule has 0 unspecified atom stereocenters. The molecule has 3 aromatic heterocycles.